The summed E-state index contributed by atoms with van der Waals surface area (Å²) in [5.74, 6) is 0. The van der Waals surface area contributed by atoms with Gasteiger partial charge in [0.1, 0.15) is 0 Å². The normalized spacial score (nSPS) is 23.8. The summed E-state index contributed by atoms with van der Waals surface area (Å²) in [5.41, 5.74) is 0.980. The second-order valence-corrected chi connectivity index (χ2v) is 6.14. The first-order valence-corrected chi connectivity index (χ1v) is 6.67. The number of carbonyl (C=O) groups excluding carboxylic acids is 1. The molecule has 0 saturated heterocycles. The van der Waals surface area contributed by atoms with Crippen molar-refractivity contribution in [3.05, 3.63) is 11.9 Å². The van der Waals surface area contributed by atoms with Crippen molar-refractivity contribution in [1.29, 1.82) is 0 Å². The van der Waals surface area contributed by atoms with Gasteiger partial charge in [-0.15, -0.1) is 5.10 Å². The van der Waals surface area contributed by atoms with Crippen LogP contribution in [0.1, 0.15) is 31.5 Å². The fraction of sp³-hybridized carbons (Fsp3) is 0.727. The molecule has 6 heteroatoms. The molecule has 2 rings (SSSR count). The maximum absolute atomic E-state index is 11.1. The van der Waals surface area contributed by atoms with E-state index in [9.17, 15) is 4.79 Å². The fourth-order valence-electron chi connectivity index (χ4n) is 1.98. The number of aromatic nitrogens is 3. The van der Waals surface area contributed by atoms with E-state index in [4.69, 9.17) is 0 Å². The van der Waals surface area contributed by atoms with E-state index in [2.05, 4.69) is 15.2 Å². The SMILES string of the molecule is CC(=O)SC1CCC1n1cc(CN(C)C)nn1. The number of hydrogen-bond acceptors (Lipinski definition) is 5. The molecule has 0 aliphatic heterocycles. The highest BCUT2D eigenvalue weighted by Crippen LogP contribution is 2.40. The summed E-state index contributed by atoms with van der Waals surface area (Å²) in [6.07, 6.45) is 4.19. The van der Waals surface area contributed by atoms with E-state index >= 15 is 0 Å². The third-order valence-electron chi connectivity index (χ3n) is 2.87. The van der Waals surface area contributed by atoms with E-state index in [0.29, 0.717) is 11.3 Å². The molecule has 1 fully saturated rings. The molecule has 2 atom stereocenters. The highest BCUT2D eigenvalue weighted by atomic mass is 32.2. The van der Waals surface area contributed by atoms with Gasteiger partial charge in [-0.3, -0.25) is 4.79 Å². The summed E-state index contributed by atoms with van der Waals surface area (Å²) in [6, 6.07) is 0.340. The van der Waals surface area contributed by atoms with Crippen molar-refractivity contribution in [1.82, 2.24) is 19.9 Å². The third kappa shape index (κ3) is 3.07. The van der Waals surface area contributed by atoms with Gasteiger partial charge in [-0.2, -0.15) is 0 Å². The van der Waals surface area contributed by atoms with Gasteiger partial charge in [-0.05, 0) is 26.9 Å². The molecule has 0 N–H and O–H groups in total. The van der Waals surface area contributed by atoms with Crippen molar-refractivity contribution >= 4 is 16.9 Å². The van der Waals surface area contributed by atoms with Gasteiger partial charge in [0.2, 0.25) is 0 Å². The molecular formula is C11H18N4OS. The minimum Gasteiger partial charge on any atom is -0.303 e. The van der Waals surface area contributed by atoms with Gasteiger partial charge in [-0.25, -0.2) is 4.68 Å². The maximum Gasteiger partial charge on any atom is 0.186 e. The van der Waals surface area contributed by atoms with E-state index in [1.165, 1.54) is 11.8 Å². The Morgan fingerprint density at radius 1 is 1.59 bits per heavy atom. The van der Waals surface area contributed by atoms with Gasteiger partial charge >= 0.3 is 0 Å². The molecule has 1 aliphatic carbocycles. The largest absolute Gasteiger partial charge is 0.303 e. The monoisotopic (exact) mass is 254 g/mol. The lowest BCUT2D eigenvalue weighted by Crippen LogP contribution is -2.32. The standard InChI is InChI=1S/C11H18N4OS/c1-8(16)17-11-5-4-10(11)15-7-9(12-13-15)6-14(2)3/h7,10-11H,4-6H2,1-3H3. The first kappa shape index (κ1) is 12.6. The van der Waals surface area contributed by atoms with Crippen LogP contribution in [0.3, 0.4) is 0 Å². The summed E-state index contributed by atoms with van der Waals surface area (Å²) in [4.78, 5) is 13.2. The van der Waals surface area contributed by atoms with Crippen LogP contribution in [0.25, 0.3) is 0 Å². The lowest BCUT2D eigenvalue weighted by atomic mass is 9.92. The Morgan fingerprint density at radius 2 is 2.35 bits per heavy atom. The van der Waals surface area contributed by atoms with Crippen LogP contribution in [0.4, 0.5) is 0 Å². The van der Waals surface area contributed by atoms with Crippen LogP contribution >= 0.6 is 11.8 Å². The molecule has 0 bridgehead atoms. The first-order chi connectivity index (χ1) is 8.06. The lowest BCUT2D eigenvalue weighted by molar-refractivity contribution is -0.109. The number of carbonyl (C=O) groups is 1. The molecule has 1 aliphatic rings. The van der Waals surface area contributed by atoms with E-state index < -0.39 is 0 Å². The number of nitrogens with zero attached hydrogens (tertiary/aromatic N) is 4. The van der Waals surface area contributed by atoms with Crippen LogP contribution in [0.15, 0.2) is 6.20 Å². The van der Waals surface area contributed by atoms with Crippen LogP contribution in [-0.4, -0.2) is 44.4 Å². The predicted molar refractivity (Wildman–Crippen MR) is 67.7 cm³/mol. The average Bonchev–Trinajstić information content (AvgIpc) is 2.59. The molecule has 94 valence electrons. The number of rotatable bonds is 4. The molecule has 1 heterocycles. The van der Waals surface area contributed by atoms with E-state index in [1.54, 1.807) is 6.92 Å². The Labute approximate surface area is 106 Å². The Bertz CT molecular complexity index is 404. The van der Waals surface area contributed by atoms with Crippen molar-refractivity contribution in [2.75, 3.05) is 14.1 Å². The van der Waals surface area contributed by atoms with Crippen LogP contribution in [-0.2, 0) is 11.3 Å². The molecule has 0 aromatic carbocycles. The van der Waals surface area contributed by atoms with Crippen LogP contribution in [0.2, 0.25) is 0 Å². The highest BCUT2D eigenvalue weighted by Gasteiger charge is 2.34. The zero-order valence-electron chi connectivity index (χ0n) is 10.5. The highest BCUT2D eigenvalue weighted by molar-refractivity contribution is 8.14. The summed E-state index contributed by atoms with van der Waals surface area (Å²) < 4.78 is 1.92. The zero-order valence-corrected chi connectivity index (χ0v) is 11.3. The van der Waals surface area contributed by atoms with Crippen LogP contribution in [0, 0.1) is 0 Å². The minimum atomic E-state index is 0.188. The van der Waals surface area contributed by atoms with Gasteiger partial charge < -0.3 is 4.90 Å². The number of hydrogen-bond donors (Lipinski definition) is 0. The fourth-order valence-corrected chi connectivity index (χ4v) is 3.08. The van der Waals surface area contributed by atoms with Crippen LogP contribution < -0.4 is 0 Å². The topological polar surface area (TPSA) is 51.0 Å². The summed E-state index contributed by atoms with van der Waals surface area (Å²) in [5, 5.41) is 8.88. The Balaban J connectivity index is 1.98. The molecule has 2 unspecified atom stereocenters. The molecule has 1 saturated carbocycles. The van der Waals surface area contributed by atoms with Crippen LogP contribution in [0.5, 0.6) is 0 Å². The Kier molecular flexibility index (Phi) is 3.83. The molecular weight excluding hydrogens is 236 g/mol. The summed E-state index contributed by atoms with van der Waals surface area (Å²) >= 11 is 1.43. The van der Waals surface area contributed by atoms with Gasteiger partial charge in [0, 0.05) is 18.7 Å². The summed E-state index contributed by atoms with van der Waals surface area (Å²) in [6.45, 7) is 2.43. The maximum atomic E-state index is 11.1. The zero-order chi connectivity index (χ0) is 12.4. The smallest absolute Gasteiger partial charge is 0.186 e. The molecule has 1 aromatic rings. The van der Waals surface area contributed by atoms with Gasteiger partial charge in [0.05, 0.1) is 17.9 Å². The lowest BCUT2D eigenvalue weighted by Gasteiger charge is -2.34. The Hall–Kier alpha value is -0.880. The van der Waals surface area contributed by atoms with Crippen molar-refractivity contribution in [3.63, 3.8) is 0 Å². The molecule has 17 heavy (non-hydrogen) atoms. The van der Waals surface area contributed by atoms with Crippen molar-refractivity contribution < 1.29 is 4.79 Å². The Morgan fingerprint density at radius 3 is 2.88 bits per heavy atom. The minimum absolute atomic E-state index is 0.188. The molecule has 0 amide bonds. The van der Waals surface area contributed by atoms with Gasteiger partial charge in [0.15, 0.2) is 5.12 Å². The molecule has 5 nitrogen and oxygen atoms in total. The summed E-state index contributed by atoms with van der Waals surface area (Å²) in [7, 11) is 4.02. The van der Waals surface area contributed by atoms with Gasteiger partial charge in [-0.1, -0.05) is 17.0 Å². The van der Waals surface area contributed by atoms with Crippen molar-refractivity contribution in [3.8, 4) is 0 Å². The van der Waals surface area contributed by atoms with Crippen molar-refractivity contribution in [2.24, 2.45) is 0 Å². The second-order valence-electron chi connectivity index (χ2n) is 4.72. The van der Waals surface area contributed by atoms with E-state index in [1.807, 2.05) is 25.0 Å². The predicted octanol–water partition coefficient (Wildman–Crippen LogP) is 1.32. The quantitative estimate of drug-likeness (QED) is 0.811. The molecule has 0 spiro atoms. The van der Waals surface area contributed by atoms with Crippen molar-refractivity contribution in [2.45, 2.75) is 37.6 Å². The van der Waals surface area contributed by atoms with E-state index in [-0.39, 0.29) is 5.12 Å². The average molecular weight is 254 g/mol. The first-order valence-electron chi connectivity index (χ1n) is 5.79. The second kappa shape index (κ2) is 5.18. The molecule has 0 radical (unpaired) electrons. The number of thioether (sulfide) groups is 1. The van der Waals surface area contributed by atoms with Gasteiger partial charge in [0.25, 0.3) is 0 Å². The van der Waals surface area contributed by atoms with E-state index in [0.717, 1.165) is 25.1 Å². The third-order valence-corrected chi connectivity index (χ3v) is 4.05. The molecule has 1 aromatic heterocycles.